The van der Waals surface area contributed by atoms with E-state index in [4.69, 9.17) is 11.6 Å². The molecule has 0 spiro atoms. The van der Waals surface area contributed by atoms with Crippen LogP contribution in [0.15, 0.2) is 0 Å². The molecule has 1 aromatic rings. The molecule has 1 aliphatic rings. The summed E-state index contributed by atoms with van der Waals surface area (Å²) in [5.74, 6) is 0. The third-order valence-corrected chi connectivity index (χ3v) is 4.07. The van der Waals surface area contributed by atoms with Crippen LogP contribution in [0.4, 0.5) is 0 Å². The molecule has 0 amide bonds. The van der Waals surface area contributed by atoms with Gasteiger partial charge in [-0.3, -0.25) is 9.58 Å². The van der Waals surface area contributed by atoms with Crippen molar-refractivity contribution >= 4 is 11.6 Å². The number of aromatic nitrogens is 2. The van der Waals surface area contributed by atoms with Crippen LogP contribution in [0.1, 0.15) is 43.4 Å². The first-order valence-corrected chi connectivity index (χ1v) is 6.96. The van der Waals surface area contributed by atoms with E-state index in [1.165, 1.54) is 50.8 Å². The third-order valence-electron chi connectivity index (χ3n) is 3.60. The summed E-state index contributed by atoms with van der Waals surface area (Å²) in [6.07, 6.45) is 6.78. The van der Waals surface area contributed by atoms with Gasteiger partial charge in [-0.2, -0.15) is 5.10 Å². The normalized spacial score (nSPS) is 19.0. The standard InChI is InChI=1S/C13H22ClN3/c1-11-12(13(14)16(2)15-11)10-17-8-6-4-3-5-7-9-17/h3-10H2,1-2H3. The quantitative estimate of drug-likeness (QED) is 0.810. The molecule has 2 rings (SSSR count). The number of rotatable bonds is 2. The van der Waals surface area contributed by atoms with Crippen LogP contribution in [0.2, 0.25) is 5.15 Å². The fraction of sp³-hybridized carbons (Fsp3) is 0.769. The largest absolute Gasteiger partial charge is 0.299 e. The van der Waals surface area contributed by atoms with E-state index in [1.807, 2.05) is 14.0 Å². The number of nitrogens with zero attached hydrogens (tertiary/aromatic N) is 3. The Morgan fingerprint density at radius 2 is 1.71 bits per heavy atom. The molecule has 0 aliphatic carbocycles. The smallest absolute Gasteiger partial charge is 0.131 e. The van der Waals surface area contributed by atoms with Crippen molar-refractivity contribution in [3.8, 4) is 0 Å². The van der Waals surface area contributed by atoms with Gasteiger partial charge in [-0.15, -0.1) is 0 Å². The number of aryl methyl sites for hydroxylation is 2. The second kappa shape index (κ2) is 5.87. The maximum absolute atomic E-state index is 6.28. The maximum atomic E-state index is 6.28. The summed E-state index contributed by atoms with van der Waals surface area (Å²) in [6, 6.07) is 0. The van der Waals surface area contributed by atoms with Crippen LogP contribution < -0.4 is 0 Å². The number of hydrogen-bond acceptors (Lipinski definition) is 2. The molecule has 1 aliphatic heterocycles. The van der Waals surface area contributed by atoms with Crippen LogP contribution in [-0.4, -0.2) is 27.8 Å². The highest BCUT2D eigenvalue weighted by Crippen LogP contribution is 2.21. The van der Waals surface area contributed by atoms with E-state index in [1.54, 1.807) is 4.68 Å². The summed E-state index contributed by atoms with van der Waals surface area (Å²) < 4.78 is 1.77. The zero-order valence-corrected chi connectivity index (χ0v) is 11.6. The number of halogens is 1. The van der Waals surface area contributed by atoms with Gasteiger partial charge in [0.15, 0.2) is 0 Å². The first kappa shape index (κ1) is 12.9. The predicted molar refractivity (Wildman–Crippen MR) is 71.3 cm³/mol. The number of likely N-dealkylation sites (tertiary alicyclic amines) is 1. The molecule has 1 fully saturated rings. The Morgan fingerprint density at radius 3 is 2.24 bits per heavy atom. The van der Waals surface area contributed by atoms with E-state index in [-0.39, 0.29) is 0 Å². The van der Waals surface area contributed by atoms with Gasteiger partial charge in [0.25, 0.3) is 0 Å². The van der Waals surface area contributed by atoms with Gasteiger partial charge in [0, 0.05) is 19.2 Å². The lowest BCUT2D eigenvalue weighted by molar-refractivity contribution is 0.239. The lowest BCUT2D eigenvalue weighted by Gasteiger charge is -2.24. The fourth-order valence-corrected chi connectivity index (χ4v) is 2.78. The third kappa shape index (κ3) is 3.23. The van der Waals surface area contributed by atoms with Gasteiger partial charge in [0.1, 0.15) is 5.15 Å². The highest BCUT2D eigenvalue weighted by molar-refractivity contribution is 6.30. The summed E-state index contributed by atoms with van der Waals surface area (Å²) in [4.78, 5) is 2.52. The molecule has 0 bridgehead atoms. The van der Waals surface area contributed by atoms with Crippen LogP contribution >= 0.6 is 11.6 Å². The maximum Gasteiger partial charge on any atom is 0.131 e. The van der Waals surface area contributed by atoms with Crippen molar-refractivity contribution < 1.29 is 0 Å². The van der Waals surface area contributed by atoms with Gasteiger partial charge in [-0.05, 0) is 32.9 Å². The van der Waals surface area contributed by atoms with Crippen molar-refractivity contribution in [3.63, 3.8) is 0 Å². The summed E-state index contributed by atoms with van der Waals surface area (Å²) >= 11 is 6.28. The molecule has 0 radical (unpaired) electrons. The van der Waals surface area contributed by atoms with Crippen molar-refractivity contribution in [2.45, 2.75) is 45.6 Å². The van der Waals surface area contributed by atoms with Gasteiger partial charge in [0.2, 0.25) is 0 Å². The van der Waals surface area contributed by atoms with Crippen LogP contribution in [0.25, 0.3) is 0 Å². The van der Waals surface area contributed by atoms with Gasteiger partial charge in [-0.1, -0.05) is 30.9 Å². The molecule has 0 saturated carbocycles. The van der Waals surface area contributed by atoms with E-state index in [0.717, 1.165) is 17.4 Å². The first-order valence-electron chi connectivity index (χ1n) is 6.59. The fourth-order valence-electron chi connectivity index (χ4n) is 2.55. The monoisotopic (exact) mass is 255 g/mol. The van der Waals surface area contributed by atoms with Crippen molar-refractivity contribution in [1.82, 2.24) is 14.7 Å². The average molecular weight is 256 g/mol. The predicted octanol–water partition coefficient (Wildman–Crippen LogP) is 3.15. The number of hydrogen-bond donors (Lipinski definition) is 0. The van der Waals surface area contributed by atoms with Crippen molar-refractivity contribution in [2.24, 2.45) is 7.05 Å². The lowest BCUT2D eigenvalue weighted by Crippen LogP contribution is -2.27. The zero-order valence-electron chi connectivity index (χ0n) is 10.9. The molecule has 1 saturated heterocycles. The van der Waals surface area contributed by atoms with E-state index in [2.05, 4.69) is 10.00 Å². The zero-order chi connectivity index (χ0) is 12.3. The highest BCUT2D eigenvalue weighted by atomic mass is 35.5. The van der Waals surface area contributed by atoms with Crippen LogP contribution in [0, 0.1) is 6.92 Å². The van der Waals surface area contributed by atoms with Gasteiger partial charge in [-0.25, -0.2) is 0 Å². The molecule has 2 heterocycles. The second-order valence-corrected chi connectivity index (χ2v) is 5.38. The summed E-state index contributed by atoms with van der Waals surface area (Å²) in [7, 11) is 1.91. The van der Waals surface area contributed by atoms with Crippen LogP contribution in [-0.2, 0) is 13.6 Å². The molecule has 1 aromatic heterocycles. The Morgan fingerprint density at radius 1 is 1.12 bits per heavy atom. The Labute approximate surface area is 109 Å². The Kier molecular flexibility index (Phi) is 4.46. The average Bonchev–Trinajstić information content (AvgIpc) is 2.48. The Balaban J connectivity index is 2.03. The Bertz CT molecular complexity index is 365. The van der Waals surface area contributed by atoms with Crippen molar-refractivity contribution in [3.05, 3.63) is 16.4 Å². The van der Waals surface area contributed by atoms with E-state index in [9.17, 15) is 0 Å². The summed E-state index contributed by atoms with van der Waals surface area (Å²) in [5.41, 5.74) is 2.27. The van der Waals surface area contributed by atoms with Crippen LogP contribution in [0.3, 0.4) is 0 Å². The first-order chi connectivity index (χ1) is 8.18. The molecule has 4 heteroatoms. The molecule has 0 N–H and O–H groups in total. The van der Waals surface area contributed by atoms with Gasteiger partial charge < -0.3 is 0 Å². The van der Waals surface area contributed by atoms with Crippen LogP contribution in [0.5, 0.6) is 0 Å². The topological polar surface area (TPSA) is 21.1 Å². The minimum Gasteiger partial charge on any atom is -0.299 e. The van der Waals surface area contributed by atoms with Gasteiger partial charge in [0.05, 0.1) is 5.69 Å². The minimum absolute atomic E-state index is 0.796. The summed E-state index contributed by atoms with van der Waals surface area (Å²) in [6.45, 7) is 5.40. The molecule has 3 nitrogen and oxygen atoms in total. The van der Waals surface area contributed by atoms with Crippen molar-refractivity contribution in [1.29, 1.82) is 0 Å². The lowest BCUT2D eigenvalue weighted by atomic mass is 10.1. The minimum atomic E-state index is 0.796. The van der Waals surface area contributed by atoms with E-state index in [0.29, 0.717) is 0 Å². The summed E-state index contributed by atoms with van der Waals surface area (Å²) in [5, 5.41) is 5.17. The molecular weight excluding hydrogens is 234 g/mol. The Hall–Kier alpha value is -0.540. The van der Waals surface area contributed by atoms with E-state index >= 15 is 0 Å². The molecule has 0 atom stereocenters. The molecule has 0 unspecified atom stereocenters. The SMILES string of the molecule is Cc1nn(C)c(Cl)c1CN1CCCCCCC1. The highest BCUT2D eigenvalue weighted by Gasteiger charge is 2.15. The van der Waals surface area contributed by atoms with E-state index < -0.39 is 0 Å². The molecule has 96 valence electrons. The van der Waals surface area contributed by atoms with Crippen molar-refractivity contribution in [2.75, 3.05) is 13.1 Å². The molecular formula is C13H22ClN3. The molecule has 17 heavy (non-hydrogen) atoms. The second-order valence-electron chi connectivity index (χ2n) is 5.02. The van der Waals surface area contributed by atoms with Gasteiger partial charge >= 0.3 is 0 Å². The molecule has 0 aromatic carbocycles.